The van der Waals surface area contributed by atoms with E-state index in [1.807, 2.05) is 6.33 Å². The van der Waals surface area contributed by atoms with E-state index in [0.29, 0.717) is 5.54 Å². The molecule has 2 rings (SSSR count). The van der Waals surface area contributed by atoms with E-state index in [-0.39, 0.29) is 0 Å². The Bertz CT molecular complexity index is 400. The van der Waals surface area contributed by atoms with Gasteiger partial charge in [-0.3, -0.25) is 4.90 Å². The second-order valence-corrected chi connectivity index (χ2v) is 6.69. The molecule has 1 aromatic heterocycles. The summed E-state index contributed by atoms with van der Waals surface area (Å²) in [6.07, 6.45) is 4.68. The first-order chi connectivity index (χ1) is 8.38. The van der Waals surface area contributed by atoms with E-state index in [0.717, 1.165) is 12.5 Å². The molecule has 1 fully saturated rings. The Kier molecular flexibility index (Phi) is 3.81. The number of aryl methyl sites for hydroxylation is 1. The number of hydrogen-bond acceptors (Lipinski definition) is 2. The van der Waals surface area contributed by atoms with E-state index < -0.39 is 0 Å². The molecule has 0 N–H and O–H groups in total. The molecule has 3 nitrogen and oxygen atoms in total. The lowest BCUT2D eigenvalue weighted by Gasteiger charge is -2.41. The van der Waals surface area contributed by atoms with Crippen molar-refractivity contribution in [1.29, 1.82) is 0 Å². The van der Waals surface area contributed by atoms with Gasteiger partial charge in [0.1, 0.15) is 0 Å². The van der Waals surface area contributed by atoms with Crippen LogP contribution in [0.2, 0.25) is 0 Å². The van der Waals surface area contributed by atoms with E-state index in [1.165, 1.54) is 37.3 Å². The molecule has 1 atom stereocenters. The first-order valence-corrected chi connectivity index (χ1v) is 7.11. The van der Waals surface area contributed by atoms with E-state index in [4.69, 9.17) is 0 Å². The smallest absolute Gasteiger partial charge is 0.0951 e. The monoisotopic (exact) mass is 249 g/mol. The Labute approximate surface area is 111 Å². The second-order valence-electron chi connectivity index (χ2n) is 6.69. The number of hydrogen-bond donors (Lipinski definition) is 0. The molecule has 102 valence electrons. The number of imidazole rings is 1. The molecular weight excluding hydrogens is 222 g/mol. The third-order valence-electron chi connectivity index (χ3n) is 4.27. The van der Waals surface area contributed by atoms with Gasteiger partial charge in [-0.25, -0.2) is 4.98 Å². The number of aromatic nitrogens is 2. The minimum Gasteiger partial charge on any atom is -0.334 e. The zero-order chi connectivity index (χ0) is 13.3. The predicted octanol–water partition coefficient (Wildman–Crippen LogP) is 3.01. The van der Waals surface area contributed by atoms with Crippen molar-refractivity contribution in [3.63, 3.8) is 0 Å². The van der Waals surface area contributed by atoms with Crippen molar-refractivity contribution >= 4 is 0 Å². The fourth-order valence-electron chi connectivity index (χ4n) is 2.83. The number of nitrogens with zero attached hydrogens (tertiary/aromatic N) is 3. The SMILES string of the molecule is Cc1ncn(C[C@@H]2CCCN(C(C)(C)C)C2)c1C. The quantitative estimate of drug-likeness (QED) is 0.803. The van der Waals surface area contributed by atoms with Gasteiger partial charge in [-0.1, -0.05) is 0 Å². The maximum absolute atomic E-state index is 4.40. The lowest BCUT2D eigenvalue weighted by atomic mass is 9.93. The molecule has 1 aromatic rings. The molecule has 1 saturated heterocycles. The van der Waals surface area contributed by atoms with Crippen LogP contribution in [0.25, 0.3) is 0 Å². The topological polar surface area (TPSA) is 21.1 Å². The maximum atomic E-state index is 4.40. The molecule has 1 aliphatic heterocycles. The van der Waals surface area contributed by atoms with Gasteiger partial charge in [0, 0.05) is 24.3 Å². The van der Waals surface area contributed by atoms with Crippen LogP contribution < -0.4 is 0 Å². The first-order valence-electron chi connectivity index (χ1n) is 7.11. The van der Waals surface area contributed by atoms with Gasteiger partial charge in [-0.15, -0.1) is 0 Å². The summed E-state index contributed by atoms with van der Waals surface area (Å²) in [6, 6.07) is 0. The zero-order valence-corrected chi connectivity index (χ0v) is 12.5. The van der Waals surface area contributed by atoms with Gasteiger partial charge >= 0.3 is 0 Å². The van der Waals surface area contributed by atoms with Crippen LogP contribution in [0.3, 0.4) is 0 Å². The lowest BCUT2D eigenvalue weighted by Crippen LogP contribution is -2.47. The van der Waals surface area contributed by atoms with Crippen molar-refractivity contribution in [2.45, 2.75) is 59.5 Å². The largest absolute Gasteiger partial charge is 0.334 e. The van der Waals surface area contributed by atoms with Crippen LogP contribution in [0.1, 0.15) is 45.0 Å². The fraction of sp³-hybridized carbons (Fsp3) is 0.800. The molecule has 18 heavy (non-hydrogen) atoms. The van der Waals surface area contributed by atoms with Gasteiger partial charge in [0.05, 0.1) is 12.0 Å². The van der Waals surface area contributed by atoms with Crippen LogP contribution in [0, 0.1) is 19.8 Å². The number of piperidine rings is 1. The van der Waals surface area contributed by atoms with Crippen molar-refractivity contribution in [3.05, 3.63) is 17.7 Å². The molecular formula is C15H27N3. The van der Waals surface area contributed by atoms with Gasteiger partial charge in [-0.05, 0) is 59.9 Å². The summed E-state index contributed by atoms with van der Waals surface area (Å²) in [4.78, 5) is 7.02. The standard InChI is InChI=1S/C15H27N3/c1-12-13(2)17(11-16-12)9-14-7-6-8-18(10-14)15(3,4)5/h11,14H,6-10H2,1-5H3/t14-/m0/s1. The van der Waals surface area contributed by atoms with Crippen LogP contribution in [-0.4, -0.2) is 33.1 Å². The second kappa shape index (κ2) is 5.04. The highest BCUT2D eigenvalue weighted by atomic mass is 15.2. The Hall–Kier alpha value is -0.830. The van der Waals surface area contributed by atoms with Gasteiger partial charge in [0.25, 0.3) is 0 Å². The van der Waals surface area contributed by atoms with Gasteiger partial charge in [-0.2, -0.15) is 0 Å². The molecule has 3 heteroatoms. The molecule has 0 radical (unpaired) electrons. The molecule has 0 aliphatic carbocycles. The van der Waals surface area contributed by atoms with Crippen molar-refractivity contribution in [1.82, 2.24) is 14.5 Å². The summed E-state index contributed by atoms with van der Waals surface area (Å²) in [5.41, 5.74) is 2.79. The van der Waals surface area contributed by atoms with Crippen molar-refractivity contribution in [2.75, 3.05) is 13.1 Å². The summed E-state index contributed by atoms with van der Waals surface area (Å²) >= 11 is 0. The third kappa shape index (κ3) is 2.94. The van der Waals surface area contributed by atoms with Crippen molar-refractivity contribution in [2.24, 2.45) is 5.92 Å². The van der Waals surface area contributed by atoms with Crippen LogP contribution in [0.15, 0.2) is 6.33 Å². The Morgan fingerprint density at radius 1 is 1.33 bits per heavy atom. The molecule has 0 spiro atoms. The van der Waals surface area contributed by atoms with E-state index >= 15 is 0 Å². The highest BCUT2D eigenvalue weighted by molar-refractivity contribution is 5.08. The van der Waals surface area contributed by atoms with Crippen LogP contribution >= 0.6 is 0 Å². The normalized spacial score (nSPS) is 22.4. The molecule has 0 unspecified atom stereocenters. The predicted molar refractivity (Wildman–Crippen MR) is 75.8 cm³/mol. The minimum atomic E-state index is 0.304. The molecule has 1 aliphatic rings. The summed E-state index contributed by atoms with van der Waals surface area (Å²) < 4.78 is 2.33. The Balaban J connectivity index is 2.00. The van der Waals surface area contributed by atoms with Gasteiger partial charge < -0.3 is 4.57 Å². The summed E-state index contributed by atoms with van der Waals surface area (Å²) in [5, 5.41) is 0. The molecule has 0 bridgehead atoms. The fourth-order valence-corrected chi connectivity index (χ4v) is 2.83. The Morgan fingerprint density at radius 2 is 2.06 bits per heavy atom. The Morgan fingerprint density at radius 3 is 2.61 bits per heavy atom. The minimum absolute atomic E-state index is 0.304. The van der Waals surface area contributed by atoms with E-state index in [9.17, 15) is 0 Å². The van der Waals surface area contributed by atoms with Gasteiger partial charge in [0.2, 0.25) is 0 Å². The number of rotatable bonds is 2. The summed E-state index contributed by atoms with van der Waals surface area (Å²) in [7, 11) is 0. The lowest BCUT2D eigenvalue weighted by molar-refractivity contribution is 0.0732. The average molecular weight is 249 g/mol. The highest BCUT2D eigenvalue weighted by Gasteiger charge is 2.28. The molecule has 2 heterocycles. The molecule has 0 aromatic carbocycles. The first kappa shape index (κ1) is 13.6. The highest BCUT2D eigenvalue weighted by Crippen LogP contribution is 2.25. The van der Waals surface area contributed by atoms with E-state index in [1.54, 1.807) is 0 Å². The van der Waals surface area contributed by atoms with Crippen LogP contribution in [0.5, 0.6) is 0 Å². The maximum Gasteiger partial charge on any atom is 0.0951 e. The summed E-state index contributed by atoms with van der Waals surface area (Å²) in [5.74, 6) is 0.769. The summed E-state index contributed by atoms with van der Waals surface area (Å²) in [6.45, 7) is 14.8. The average Bonchev–Trinajstić information content (AvgIpc) is 2.60. The van der Waals surface area contributed by atoms with Crippen LogP contribution in [0.4, 0.5) is 0 Å². The third-order valence-corrected chi connectivity index (χ3v) is 4.27. The zero-order valence-electron chi connectivity index (χ0n) is 12.5. The molecule has 0 amide bonds. The molecule has 0 saturated carbocycles. The van der Waals surface area contributed by atoms with Crippen LogP contribution in [-0.2, 0) is 6.54 Å². The van der Waals surface area contributed by atoms with Gasteiger partial charge in [0.15, 0.2) is 0 Å². The van der Waals surface area contributed by atoms with Crippen molar-refractivity contribution in [3.8, 4) is 0 Å². The number of likely N-dealkylation sites (tertiary alicyclic amines) is 1. The van der Waals surface area contributed by atoms with E-state index in [2.05, 4.69) is 49.1 Å². The van der Waals surface area contributed by atoms with Crippen molar-refractivity contribution < 1.29 is 0 Å².